The first-order chi connectivity index (χ1) is 10.4. The van der Waals surface area contributed by atoms with Crippen molar-refractivity contribution in [1.82, 2.24) is 10.3 Å². The Kier molecular flexibility index (Phi) is 5.63. The van der Waals surface area contributed by atoms with Crippen LogP contribution in [-0.4, -0.2) is 29.3 Å². The van der Waals surface area contributed by atoms with Crippen LogP contribution in [0.25, 0.3) is 0 Å². The molecule has 1 saturated heterocycles. The van der Waals surface area contributed by atoms with Gasteiger partial charge in [0, 0.05) is 35.1 Å². The van der Waals surface area contributed by atoms with Crippen molar-refractivity contribution in [2.75, 3.05) is 24.3 Å². The highest BCUT2D eigenvalue weighted by molar-refractivity contribution is 8.06. The number of hydrogen-bond donors (Lipinski definition) is 1. The standard InChI is InChI=1S/C16H20N2S3/c1-17-14(12-5-3-2-4-6-12)9-13-10-21-16(18-13)15-11-19-7-8-20-15/h2-6,10,14-15,17H,7-9,11H2,1H3. The molecule has 2 atom stereocenters. The zero-order valence-electron chi connectivity index (χ0n) is 12.1. The molecular weight excluding hydrogens is 316 g/mol. The van der Waals surface area contributed by atoms with Crippen LogP contribution in [0.2, 0.25) is 0 Å². The second-order valence-corrected chi connectivity index (χ2v) is 8.42. The van der Waals surface area contributed by atoms with Gasteiger partial charge in [-0.25, -0.2) is 4.98 Å². The van der Waals surface area contributed by atoms with Crippen LogP contribution in [0.4, 0.5) is 0 Å². The van der Waals surface area contributed by atoms with Gasteiger partial charge in [0.15, 0.2) is 0 Å². The van der Waals surface area contributed by atoms with E-state index in [-0.39, 0.29) is 0 Å². The van der Waals surface area contributed by atoms with Gasteiger partial charge in [0.05, 0.1) is 10.9 Å². The molecule has 2 nitrogen and oxygen atoms in total. The van der Waals surface area contributed by atoms with Crippen LogP contribution in [-0.2, 0) is 6.42 Å². The summed E-state index contributed by atoms with van der Waals surface area (Å²) in [5, 5.41) is 7.56. The minimum atomic E-state index is 0.342. The Bertz CT molecular complexity index is 550. The molecule has 1 aromatic carbocycles. The summed E-state index contributed by atoms with van der Waals surface area (Å²) in [7, 11) is 2.03. The molecule has 0 saturated carbocycles. The number of benzene rings is 1. The van der Waals surface area contributed by atoms with Crippen LogP contribution in [0.15, 0.2) is 35.7 Å². The molecule has 3 rings (SSSR count). The molecule has 1 aliphatic heterocycles. The average molecular weight is 337 g/mol. The normalized spacial score (nSPS) is 20.3. The predicted octanol–water partition coefficient (Wildman–Crippen LogP) is 4.17. The van der Waals surface area contributed by atoms with Gasteiger partial charge in [-0.05, 0) is 12.6 Å². The zero-order valence-corrected chi connectivity index (χ0v) is 14.6. The van der Waals surface area contributed by atoms with Gasteiger partial charge < -0.3 is 5.32 Å². The molecule has 1 fully saturated rings. The summed E-state index contributed by atoms with van der Waals surface area (Å²) in [6, 6.07) is 11.0. The summed E-state index contributed by atoms with van der Waals surface area (Å²) in [5.74, 6) is 3.76. The maximum Gasteiger partial charge on any atom is 0.107 e. The number of hydrogen-bond acceptors (Lipinski definition) is 5. The first-order valence-electron chi connectivity index (χ1n) is 7.22. The Morgan fingerprint density at radius 1 is 1.29 bits per heavy atom. The lowest BCUT2D eigenvalue weighted by molar-refractivity contribution is 0.585. The third-order valence-corrected chi connectivity index (χ3v) is 7.54. The van der Waals surface area contributed by atoms with E-state index in [0.29, 0.717) is 11.3 Å². The van der Waals surface area contributed by atoms with E-state index in [1.807, 2.05) is 18.4 Å². The summed E-state index contributed by atoms with van der Waals surface area (Å²) >= 11 is 5.95. The number of likely N-dealkylation sites (N-methyl/N-ethyl adjacent to an activating group) is 1. The largest absolute Gasteiger partial charge is 0.313 e. The third-order valence-electron chi connectivity index (χ3n) is 3.62. The number of nitrogens with zero attached hydrogens (tertiary/aromatic N) is 1. The minimum Gasteiger partial charge on any atom is -0.313 e. The molecule has 2 aromatic rings. The van der Waals surface area contributed by atoms with E-state index in [9.17, 15) is 0 Å². The second kappa shape index (κ2) is 7.68. The fourth-order valence-corrected chi connectivity index (χ4v) is 6.31. The van der Waals surface area contributed by atoms with Gasteiger partial charge in [-0.3, -0.25) is 0 Å². The van der Waals surface area contributed by atoms with Gasteiger partial charge in [0.25, 0.3) is 0 Å². The lowest BCUT2D eigenvalue weighted by Crippen LogP contribution is -2.19. The van der Waals surface area contributed by atoms with Crippen LogP contribution < -0.4 is 5.32 Å². The molecule has 0 radical (unpaired) electrons. The van der Waals surface area contributed by atoms with Crippen molar-refractivity contribution in [2.24, 2.45) is 0 Å². The van der Waals surface area contributed by atoms with Gasteiger partial charge in [0.1, 0.15) is 5.01 Å². The fourth-order valence-electron chi connectivity index (χ4n) is 2.48. The summed E-state index contributed by atoms with van der Waals surface area (Å²) < 4.78 is 0. The topological polar surface area (TPSA) is 24.9 Å². The van der Waals surface area contributed by atoms with Crippen LogP contribution in [0.1, 0.15) is 27.6 Å². The van der Waals surface area contributed by atoms with Gasteiger partial charge in [-0.15, -0.1) is 23.1 Å². The van der Waals surface area contributed by atoms with E-state index < -0.39 is 0 Å². The molecule has 2 unspecified atom stereocenters. The van der Waals surface area contributed by atoms with Gasteiger partial charge >= 0.3 is 0 Å². The zero-order chi connectivity index (χ0) is 14.5. The van der Waals surface area contributed by atoms with Crippen molar-refractivity contribution >= 4 is 34.9 Å². The van der Waals surface area contributed by atoms with E-state index in [0.717, 1.165) is 6.42 Å². The molecule has 112 valence electrons. The molecule has 0 spiro atoms. The Balaban J connectivity index is 1.68. The first-order valence-corrected chi connectivity index (χ1v) is 10.3. The molecule has 0 bridgehead atoms. The van der Waals surface area contributed by atoms with Crippen molar-refractivity contribution in [1.29, 1.82) is 0 Å². The molecule has 1 aliphatic rings. The Morgan fingerprint density at radius 2 is 2.14 bits per heavy atom. The van der Waals surface area contributed by atoms with Crippen LogP contribution >= 0.6 is 34.9 Å². The van der Waals surface area contributed by atoms with Crippen molar-refractivity contribution in [3.63, 3.8) is 0 Å². The summed E-state index contributed by atoms with van der Waals surface area (Å²) in [4.78, 5) is 4.89. The minimum absolute atomic E-state index is 0.342. The second-order valence-electron chi connectivity index (χ2n) is 5.07. The molecule has 0 amide bonds. The maximum atomic E-state index is 4.89. The van der Waals surface area contributed by atoms with E-state index in [1.165, 1.54) is 33.5 Å². The molecule has 1 aromatic heterocycles. The number of thiazole rings is 1. The summed E-state index contributed by atoms with van der Waals surface area (Å²) in [6.45, 7) is 0. The van der Waals surface area contributed by atoms with E-state index in [4.69, 9.17) is 4.98 Å². The third kappa shape index (κ3) is 4.03. The van der Waals surface area contributed by atoms with Crippen molar-refractivity contribution in [3.05, 3.63) is 52.0 Å². The maximum absolute atomic E-state index is 4.89. The number of rotatable bonds is 5. The first kappa shape index (κ1) is 15.4. The summed E-state index contributed by atoms with van der Waals surface area (Å²) in [6.07, 6.45) is 0.960. The van der Waals surface area contributed by atoms with Gasteiger partial charge in [-0.2, -0.15) is 11.8 Å². The monoisotopic (exact) mass is 336 g/mol. The highest BCUT2D eigenvalue weighted by atomic mass is 32.2. The van der Waals surface area contributed by atoms with Gasteiger partial charge in [0.2, 0.25) is 0 Å². The molecule has 1 N–H and O–H groups in total. The highest BCUT2D eigenvalue weighted by Crippen LogP contribution is 2.38. The Morgan fingerprint density at radius 3 is 2.86 bits per heavy atom. The molecular formula is C16H20N2S3. The van der Waals surface area contributed by atoms with E-state index in [2.05, 4.69) is 64.6 Å². The molecule has 5 heteroatoms. The van der Waals surface area contributed by atoms with E-state index in [1.54, 1.807) is 0 Å². The average Bonchev–Trinajstić information content (AvgIpc) is 3.03. The number of thioether (sulfide) groups is 2. The summed E-state index contributed by atoms with van der Waals surface area (Å²) in [5.41, 5.74) is 2.55. The lowest BCUT2D eigenvalue weighted by Gasteiger charge is -2.18. The Labute approximate surface area is 139 Å². The fraction of sp³-hybridized carbons (Fsp3) is 0.438. The van der Waals surface area contributed by atoms with Crippen molar-refractivity contribution < 1.29 is 0 Å². The van der Waals surface area contributed by atoms with E-state index >= 15 is 0 Å². The van der Waals surface area contributed by atoms with Crippen LogP contribution in [0.5, 0.6) is 0 Å². The van der Waals surface area contributed by atoms with Crippen molar-refractivity contribution in [3.8, 4) is 0 Å². The number of aromatic nitrogens is 1. The van der Waals surface area contributed by atoms with Crippen LogP contribution in [0.3, 0.4) is 0 Å². The highest BCUT2D eigenvalue weighted by Gasteiger charge is 2.20. The lowest BCUT2D eigenvalue weighted by atomic mass is 10.0. The molecule has 21 heavy (non-hydrogen) atoms. The predicted molar refractivity (Wildman–Crippen MR) is 96.6 cm³/mol. The van der Waals surface area contributed by atoms with Crippen LogP contribution in [0, 0.1) is 0 Å². The molecule has 0 aliphatic carbocycles. The quantitative estimate of drug-likeness (QED) is 0.886. The SMILES string of the molecule is CNC(Cc1csc(C2CSCCS2)n1)c1ccccc1. The van der Waals surface area contributed by atoms with Gasteiger partial charge in [-0.1, -0.05) is 30.3 Å². The van der Waals surface area contributed by atoms with Crippen molar-refractivity contribution in [2.45, 2.75) is 17.7 Å². The smallest absolute Gasteiger partial charge is 0.107 e. The Hall–Kier alpha value is -0.490. The molecule has 2 heterocycles. The number of nitrogens with one attached hydrogen (secondary N) is 1.